The number of rotatable bonds is 5. The molecule has 0 atom stereocenters. The highest BCUT2D eigenvalue weighted by atomic mass is 79.9. The first-order valence-corrected chi connectivity index (χ1v) is 8.30. The maximum Gasteiger partial charge on any atom is 0.355 e. The van der Waals surface area contributed by atoms with Gasteiger partial charge < -0.3 is 24.2 Å². The van der Waals surface area contributed by atoms with Crippen LogP contribution in [0.4, 0.5) is 5.69 Å². The number of aliphatic hydroxyl groups excluding tert-OH is 1. The van der Waals surface area contributed by atoms with E-state index in [1.807, 2.05) is 0 Å². The van der Waals surface area contributed by atoms with Crippen molar-refractivity contribution in [2.24, 2.45) is 0 Å². The van der Waals surface area contributed by atoms with Crippen LogP contribution in [0.2, 0.25) is 0 Å². The first-order chi connectivity index (χ1) is 12.5. The molecule has 0 aliphatic carbocycles. The van der Waals surface area contributed by atoms with Gasteiger partial charge >= 0.3 is 11.9 Å². The molecule has 2 rings (SSSR count). The number of hydrogen-bond acceptors (Lipinski definition) is 7. The molecule has 0 aromatic heterocycles. The van der Waals surface area contributed by atoms with E-state index in [1.54, 1.807) is 30.5 Å². The van der Waals surface area contributed by atoms with Gasteiger partial charge in [0.15, 0.2) is 0 Å². The van der Waals surface area contributed by atoms with E-state index in [9.17, 15) is 14.7 Å². The van der Waals surface area contributed by atoms with Crippen molar-refractivity contribution < 1.29 is 28.9 Å². The van der Waals surface area contributed by atoms with E-state index in [1.165, 1.54) is 32.3 Å². The van der Waals surface area contributed by atoms with E-state index in [4.69, 9.17) is 14.2 Å². The molecule has 7 nitrogen and oxygen atoms in total. The van der Waals surface area contributed by atoms with E-state index in [0.717, 1.165) is 0 Å². The maximum atomic E-state index is 12.5. The number of ether oxygens (including phenoxy) is 3. The van der Waals surface area contributed by atoms with Crippen LogP contribution >= 0.6 is 15.9 Å². The van der Waals surface area contributed by atoms with E-state index < -0.39 is 11.9 Å². The van der Waals surface area contributed by atoms with Crippen LogP contribution in [0.1, 0.15) is 5.56 Å². The van der Waals surface area contributed by atoms with Crippen molar-refractivity contribution in [2.75, 3.05) is 26.2 Å². The van der Waals surface area contributed by atoms with Gasteiger partial charge in [-0.3, -0.25) is 0 Å². The van der Waals surface area contributed by atoms with Gasteiger partial charge in [-0.1, -0.05) is 22.0 Å². The van der Waals surface area contributed by atoms with Crippen LogP contribution in [0, 0.1) is 0 Å². The highest BCUT2D eigenvalue weighted by molar-refractivity contribution is 9.10. The van der Waals surface area contributed by atoms with E-state index in [2.05, 4.69) is 15.9 Å². The smallest absolute Gasteiger partial charge is 0.355 e. The Bertz CT molecular complexity index is 787. The van der Waals surface area contributed by atoms with Crippen LogP contribution in [0.25, 0.3) is 0 Å². The first kappa shape index (κ1) is 19.7. The average molecular weight is 424 g/mol. The molecular weight excluding hydrogens is 406 g/mol. The number of halogens is 1. The molecule has 0 saturated carbocycles. The maximum absolute atomic E-state index is 12.5. The van der Waals surface area contributed by atoms with Gasteiger partial charge in [0.1, 0.15) is 11.4 Å². The molecule has 8 heteroatoms. The molecule has 26 heavy (non-hydrogen) atoms. The Balaban J connectivity index is 2.82. The lowest BCUT2D eigenvalue weighted by molar-refractivity contribution is -0.139. The lowest BCUT2D eigenvalue weighted by atomic mass is 10.1. The van der Waals surface area contributed by atoms with Gasteiger partial charge in [-0.25, -0.2) is 9.59 Å². The molecule has 1 aromatic carbocycles. The molecule has 0 radical (unpaired) electrons. The highest BCUT2D eigenvalue weighted by Gasteiger charge is 2.30. The SMILES string of the molecule is COC(=O)C1=C(C(=O)OC)N(c2c(CO)cc(Br)cc2OC)C=CC=C1. The number of esters is 2. The predicted molar refractivity (Wildman–Crippen MR) is 98.4 cm³/mol. The Labute approximate surface area is 159 Å². The van der Waals surface area contributed by atoms with Crippen LogP contribution in [0.5, 0.6) is 5.75 Å². The lowest BCUT2D eigenvalue weighted by Crippen LogP contribution is -2.28. The third kappa shape index (κ3) is 3.81. The molecule has 0 bridgehead atoms. The van der Waals surface area contributed by atoms with Crippen LogP contribution in [-0.4, -0.2) is 38.4 Å². The van der Waals surface area contributed by atoms with E-state index >= 15 is 0 Å². The third-order valence-corrected chi connectivity index (χ3v) is 4.10. The minimum Gasteiger partial charge on any atom is -0.495 e. The summed E-state index contributed by atoms with van der Waals surface area (Å²) in [5.74, 6) is -1.05. The molecule has 1 aliphatic heterocycles. The second-order valence-electron chi connectivity index (χ2n) is 5.09. The molecule has 0 saturated heterocycles. The van der Waals surface area contributed by atoms with Gasteiger partial charge in [0.2, 0.25) is 0 Å². The average Bonchev–Trinajstić information content (AvgIpc) is 2.88. The third-order valence-electron chi connectivity index (χ3n) is 3.64. The number of carbonyl (C=O) groups excluding carboxylic acids is 2. The second-order valence-corrected chi connectivity index (χ2v) is 6.01. The predicted octanol–water partition coefficient (Wildman–Crippen LogP) is 2.44. The quantitative estimate of drug-likeness (QED) is 0.727. The summed E-state index contributed by atoms with van der Waals surface area (Å²) in [5.41, 5.74) is 0.839. The number of methoxy groups -OCH3 is 3. The topological polar surface area (TPSA) is 85.3 Å². The Hall–Kier alpha value is -2.58. The van der Waals surface area contributed by atoms with Crippen LogP contribution < -0.4 is 9.64 Å². The standard InChI is InChI=1S/C18H18BrNO6/c1-24-14-9-12(19)8-11(10-21)15(14)20-7-5-4-6-13(17(22)25-2)16(20)18(23)26-3/h4-9,21H,10H2,1-3H3. The number of anilines is 1. The van der Waals surface area contributed by atoms with Gasteiger partial charge in [-0.2, -0.15) is 0 Å². The van der Waals surface area contributed by atoms with Crippen molar-refractivity contribution in [3.63, 3.8) is 0 Å². The fourth-order valence-corrected chi connectivity index (χ4v) is 3.00. The summed E-state index contributed by atoms with van der Waals surface area (Å²) in [6, 6.07) is 3.38. The van der Waals surface area contributed by atoms with Crippen molar-refractivity contribution >= 4 is 33.6 Å². The Morgan fingerprint density at radius 3 is 2.38 bits per heavy atom. The second kappa shape index (κ2) is 8.68. The molecule has 0 fully saturated rings. The molecule has 1 aliphatic rings. The normalized spacial score (nSPS) is 13.5. The van der Waals surface area contributed by atoms with Crippen molar-refractivity contribution in [1.29, 1.82) is 0 Å². The number of hydrogen-bond donors (Lipinski definition) is 1. The van der Waals surface area contributed by atoms with Crippen LogP contribution in [0.15, 0.2) is 52.3 Å². The molecule has 0 spiro atoms. The first-order valence-electron chi connectivity index (χ1n) is 7.50. The van der Waals surface area contributed by atoms with Gasteiger partial charge in [-0.15, -0.1) is 0 Å². The summed E-state index contributed by atoms with van der Waals surface area (Å²) in [6.07, 6.45) is 6.27. The van der Waals surface area contributed by atoms with Crippen LogP contribution in [0.3, 0.4) is 0 Å². The summed E-state index contributed by atoms with van der Waals surface area (Å²) in [4.78, 5) is 26.1. The highest BCUT2D eigenvalue weighted by Crippen LogP contribution is 2.39. The molecule has 138 valence electrons. The summed E-state index contributed by atoms with van der Waals surface area (Å²) < 4.78 is 15.8. The van der Waals surface area contributed by atoms with Crippen LogP contribution in [-0.2, 0) is 25.7 Å². The zero-order valence-electron chi connectivity index (χ0n) is 14.5. The van der Waals surface area contributed by atoms with Gasteiger partial charge in [0.25, 0.3) is 0 Å². The van der Waals surface area contributed by atoms with E-state index in [-0.39, 0.29) is 17.9 Å². The summed E-state index contributed by atoms with van der Waals surface area (Å²) >= 11 is 3.35. The molecular formula is C18H18BrNO6. The minimum absolute atomic E-state index is 0.0122. The fraction of sp³-hybridized carbons (Fsp3) is 0.222. The van der Waals surface area contributed by atoms with E-state index in [0.29, 0.717) is 21.5 Å². The number of aliphatic hydroxyl groups is 1. The monoisotopic (exact) mass is 423 g/mol. The summed E-state index contributed by atoms with van der Waals surface area (Å²) in [7, 11) is 3.90. The zero-order valence-corrected chi connectivity index (χ0v) is 16.1. The van der Waals surface area contributed by atoms with Crippen molar-refractivity contribution in [1.82, 2.24) is 0 Å². The van der Waals surface area contributed by atoms with Crippen molar-refractivity contribution in [3.05, 3.63) is 57.9 Å². The molecule has 1 N–H and O–H groups in total. The number of benzene rings is 1. The number of carbonyl (C=O) groups is 2. The van der Waals surface area contributed by atoms with Gasteiger partial charge in [0.05, 0.1) is 39.2 Å². The molecule has 1 aromatic rings. The molecule has 0 unspecified atom stereocenters. The minimum atomic E-state index is -0.740. The van der Waals surface area contributed by atoms with Crippen molar-refractivity contribution in [3.8, 4) is 5.75 Å². The van der Waals surface area contributed by atoms with Crippen molar-refractivity contribution in [2.45, 2.75) is 6.61 Å². The molecule has 0 amide bonds. The zero-order chi connectivity index (χ0) is 19.3. The van der Waals surface area contributed by atoms with Gasteiger partial charge in [0, 0.05) is 16.2 Å². The Morgan fingerprint density at radius 1 is 1.12 bits per heavy atom. The number of allylic oxidation sites excluding steroid dienone is 2. The molecule has 1 heterocycles. The largest absolute Gasteiger partial charge is 0.495 e. The lowest BCUT2D eigenvalue weighted by Gasteiger charge is -2.27. The fourth-order valence-electron chi connectivity index (χ4n) is 2.51. The Kier molecular flexibility index (Phi) is 6.59. The Morgan fingerprint density at radius 2 is 1.81 bits per heavy atom. The van der Waals surface area contributed by atoms with Gasteiger partial charge in [-0.05, 0) is 24.3 Å². The summed E-state index contributed by atoms with van der Waals surface area (Å²) in [5, 5.41) is 9.80. The number of nitrogens with zero attached hydrogens (tertiary/aromatic N) is 1. The summed E-state index contributed by atoms with van der Waals surface area (Å²) in [6.45, 7) is -0.315.